The second-order valence-electron chi connectivity index (χ2n) is 7.54. The molecular formula is C25H19BrIN3O3S. The minimum atomic E-state index is -0.0837. The van der Waals surface area contributed by atoms with Crippen molar-refractivity contribution in [2.75, 3.05) is 13.7 Å². The first-order valence-corrected chi connectivity index (χ1v) is 13.1. The Bertz CT molecular complexity index is 1410. The van der Waals surface area contributed by atoms with Crippen LogP contribution in [0.2, 0.25) is 0 Å². The van der Waals surface area contributed by atoms with E-state index in [4.69, 9.17) is 14.1 Å². The second-order valence-corrected chi connectivity index (χ2v) is 10.4. The maximum absolute atomic E-state index is 13.4. The molecule has 1 N–H and O–H groups in total. The number of benzene rings is 2. The Morgan fingerprint density at radius 1 is 1.24 bits per heavy atom. The molecule has 0 saturated carbocycles. The number of furan rings is 1. The zero-order valence-corrected chi connectivity index (χ0v) is 22.6. The number of carbonyl (C=O) groups excluding carboxylic acids is 1. The summed E-state index contributed by atoms with van der Waals surface area (Å²) >= 11 is 6.92. The number of para-hydroxylation sites is 1. The van der Waals surface area contributed by atoms with Crippen molar-refractivity contribution < 1.29 is 13.9 Å². The number of aliphatic imine (C=N–C) groups is 1. The Balaban J connectivity index is 1.45. The van der Waals surface area contributed by atoms with Gasteiger partial charge in [0.05, 0.1) is 22.2 Å². The van der Waals surface area contributed by atoms with E-state index >= 15 is 0 Å². The maximum atomic E-state index is 13.4. The van der Waals surface area contributed by atoms with E-state index in [1.165, 1.54) is 22.7 Å². The van der Waals surface area contributed by atoms with Gasteiger partial charge in [0, 0.05) is 52.3 Å². The smallest absolute Gasteiger partial charge is 0.266 e. The van der Waals surface area contributed by atoms with Crippen LogP contribution in [-0.2, 0) is 11.2 Å². The van der Waals surface area contributed by atoms with Crippen molar-refractivity contribution in [1.29, 1.82) is 0 Å². The van der Waals surface area contributed by atoms with Gasteiger partial charge in [-0.2, -0.15) is 0 Å². The van der Waals surface area contributed by atoms with E-state index in [0.29, 0.717) is 28.8 Å². The number of aromatic amines is 1. The zero-order valence-electron chi connectivity index (χ0n) is 18.0. The van der Waals surface area contributed by atoms with E-state index in [0.717, 1.165) is 25.2 Å². The number of nitrogens with one attached hydrogen (secondary N) is 1. The van der Waals surface area contributed by atoms with Crippen molar-refractivity contribution in [3.63, 3.8) is 0 Å². The van der Waals surface area contributed by atoms with Gasteiger partial charge in [-0.05, 0) is 76.1 Å². The van der Waals surface area contributed by atoms with Gasteiger partial charge in [-0.25, -0.2) is 4.99 Å². The number of rotatable bonds is 6. The van der Waals surface area contributed by atoms with Gasteiger partial charge >= 0.3 is 0 Å². The first-order valence-electron chi connectivity index (χ1n) is 10.5. The molecule has 3 heterocycles. The standard InChI is InChI=1S/C25H19BrIN3O3S/c1-32-17-8-6-16(7-9-17)29-25-30(11-10-15-14-28-21-5-3-2-4-19(15)21)24(31)22(34-25)13-18-12-20(26)23(27)33-18/h2-9,12-14,28H,10-11H2,1H3/b22-13-,29-25?. The zero-order chi connectivity index (χ0) is 23.7. The molecule has 6 nitrogen and oxygen atoms in total. The molecule has 172 valence electrons. The summed E-state index contributed by atoms with van der Waals surface area (Å²) in [5.41, 5.74) is 3.01. The molecule has 5 rings (SSSR count). The molecule has 34 heavy (non-hydrogen) atoms. The highest BCUT2D eigenvalue weighted by molar-refractivity contribution is 14.1. The lowest BCUT2D eigenvalue weighted by Crippen LogP contribution is -2.31. The Labute approximate surface area is 222 Å². The molecular weight excluding hydrogens is 629 g/mol. The van der Waals surface area contributed by atoms with Crippen LogP contribution in [0, 0.1) is 3.77 Å². The summed E-state index contributed by atoms with van der Waals surface area (Å²) in [6.45, 7) is 0.513. The number of ether oxygens (including phenoxy) is 1. The topological polar surface area (TPSA) is 70.8 Å². The van der Waals surface area contributed by atoms with E-state index in [-0.39, 0.29) is 5.91 Å². The molecule has 0 spiro atoms. The van der Waals surface area contributed by atoms with Crippen molar-refractivity contribution in [1.82, 2.24) is 9.88 Å². The van der Waals surface area contributed by atoms with Gasteiger partial charge in [-0.1, -0.05) is 18.2 Å². The van der Waals surface area contributed by atoms with Gasteiger partial charge in [-0.15, -0.1) is 0 Å². The average Bonchev–Trinajstić information content (AvgIpc) is 3.49. The molecule has 1 amide bonds. The molecule has 0 unspecified atom stereocenters. The van der Waals surface area contributed by atoms with Gasteiger partial charge < -0.3 is 14.1 Å². The van der Waals surface area contributed by atoms with Gasteiger partial charge in [0.2, 0.25) is 0 Å². The van der Waals surface area contributed by atoms with Gasteiger partial charge in [0.25, 0.3) is 5.91 Å². The number of halogens is 2. The van der Waals surface area contributed by atoms with Crippen LogP contribution in [0.15, 0.2) is 79.6 Å². The molecule has 0 aliphatic carbocycles. The van der Waals surface area contributed by atoms with Crippen molar-refractivity contribution in [3.8, 4) is 5.75 Å². The number of carbonyl (C=O) groups is 1. The van der Waals surface area contributed by atoms with Gasteiger partial charge in [-0.3, -0.25) is 9.69 Å². The molecule has 2 aromatic carbocycles. The quantitative estimate of drug-likeness (QED) is 0.181. The molecule has 0 radical (unpaired) electrons. The Morgan fingerprint density at radius 3 is 2.76 bits per heavy atom. The Morgan fingerprint density at radius 2 is 2.03 bits per heavy atom. The van der Waals surface area contributed by atoms with Gasteiger partial charge in [0.1, 0.15) is 11.5 Å². The van der Waals surface area contributed by atoms with E-state index in [1.807, 2.05) is 48.7 Å². The number of hydrogen-bond donors (Lipinski definition) is 1. The predicted octanol–water partition coefficient (Wildman–Crippen LogP) is 6.98. The highest BCUT2D eigenvalue weighted by Crippen LogP contribution is 2.36. The normalized spacial score (nSPS) is 16.3. The Kier molecular flexibility index (Phi) is 6.84. The largest absolute Gasteiger partial charge is 0.497 e. The van der Waals surface area contributed by atoms with Crippen LogP contribution in [0.5, 0.6) is 5.75 Å². The molecule has 0 bridgehead atoms. The number of fused-ring (bicyclic) bond motifs is 1. The molecule has 0 atom stereocenters. The predicted molar refractivity (Wildman–Crippen MR) is 148 cm³/mol. The van der Waals surface area contributed by atoms with Crippen molar-refractivity contribution in [2.45, 2.75) is 6.42 Å². The van der Waals surface area contributed by atoms with Crippen molar-refractivity contribution in [3.05, 3.63) is 85.3 Å². The fourth-order valence-electron chi connectivity index (χ4n) is 3.69. The third-order valence-corrected chi connectivity index (χ3v) is 8.54. The number of H-pyrrole nitrogens is 1. The highest BCUT2D eigenvalue weighted by Gasteiger charge is 2.33. The highest BCUT2D eigenvalue weighted by atomic mass is 127. The van der Waals surface area contributed by atoms with Crippen LogP contribution in [0.4, 0.5) is 5.69 Å². The lowest BCUT2D eigenvalue weighted by molar-refractivity contribution is -0.122. The lowest BCUT2D eigenvalue weighted by atomic mass is 10.1. The lowest BCUT2D eigenvalue weighted by Gasteiger charge is -2.15. The third kappa shape index (κ3) is 4.82. The fraction of sp³-hybridized carbons (Fsp3) is 0.120. The van der Waals surface area contributed by atoms with E-state index in [2.05, 4.69) is 55.6 Å². The van der Waals surface area contributed by atoms with Crippen LogP contribution in [0.3, 0.4) is 0 Å². The SMILES string of the molecule is COc1ccc(N=C2S/C(=C\c3cc(Br)c(I)o3)C(=O)N2CCc2c[nH]c3ccccc23)cc1. The number of methoxy groups -OCH3 is 1. The number of nitrogens with zero attached hydrogens (tertiary/aromatic N) is 2. The molecule has 2 aromatic heterocycles. The van der Waals surface area contributed by atoms with Crippen molar-refractivity contribution in [2.24, 2.45) is 4.99 Å². The second kappa shape index (κ2) is 10.0. The summed E-state index contributed by atoms with van der Waals surface area (Å²) in [5.74, 6) is 1.29. The molecule has 9 heteroatoms. The molecule has 1 saturated heterocycles. The minimum absolute atomic E-state index is 0.0837. The number of hydrogen-bond acceptors (Lipinski definition) is 5. The van der Waals surface area contributed by atoms with Gasteiger partial charge in [0.15, 0.2) is 8.93 Å². The summed E-state index contributed by atoms with van der Waals surface area (Å²) in [4.78, 5) is 23.8. The van der Waals surface area contributed by atoms with E-state index in [9.17, 15) is 4.79 Å². The number of thioether (sulfide) groups is 1. The van der Waals surface area contributed by atoms with Crippen LogP contribution in [0.1, 0.15) is 11.3 Å². The minimum Gasteiger partial charge on any atom is -0.497 e. The monoisotopic (exact) mass is 647 g/mol. The van der Waals surface area contributed by atoms with Crippen molar-refractivity contribution >= 4 is 84.0 Å². The van der Waals surface area contributed by atoms with Crippen LogP contribution >= 0.6 is 50.3 Å². The summed E-state index contributed by atoms with van der Waals surface area (Å²) in [7, 11) is 1.63. The molecule has 4 aromatic rings. The summed E-state index contributed by atoms with van der Waals surface area (Å²) in [6, 6.07) is 17.5. The van der Waals surface area contributed by atoms with Crippen LogP contribution < -0.4 is 4.74 Å². The average molecular weight is 648 g/mol. The maximum Gasteiger partial charge on any atom is 0.266 e. The summed E-state index contributed by atoms with van der Waals surface area (Å²) < 4.78 is 12.6. The molecule has 1 aliphatic heterocycles. The fourth-order valence-corrected chi connectivity index (χ4v) is 5.41. The number of aromatic nitrogens is 1. The Hall–Kier alpha value is -2.50. The molecule has 1 fully saturated rings. The third-order valence-electron chi connectivity index (χ3n) is 5.40. The first kappa shape index (κ1) is 23.3. The van der Waals surface area contributed by atoms with E-state index in [1.54, 1.807) is 18.1 Å². The summed E-state index contributed by atoms with van der Waals surface area (Å²) in [6.07, 6.45) is 4.49. The van der Waals surface area contributed by atoms with Crippen LogP contribution in [0.25, 0.3) is 17.0 Å². The summed E-state index contributed by atoms with van der Waals surface area (Å²) in [5, 5.41) is 1.81. The first-order chi connectivity index (χ1) is 16.5. The van der Waals surface area contributed by atoms with E-state index < -0.39 is 0 Å². The molecule has 1 aliphatic rings. The number of amides is 1. The number of amidine groups is 1. The van der Waals surface area contributed by atoms with Crippen LogP contribution in [-0.4, -0.2) is 34.6 Å².